The molecule has 0 aliphatic heterocycles. The van der Waals surface area contributed by atoms with E-state index < -0.39 is 5.97 Å². The summed E-state index contributed by atoms with van der Waals surface area (Å²) in [6.07, 6.45) is 5.16. The van der Waals surface area contributed by atoms with Crippen LogP contribution in [-0.2, 0) is 4.74 Å². The zero-order valence-electron chi connectivity index (χ0n) is 11.4. The Balaban J connectivity index is 1.94. The topological polar surface area (TPSA) is 73.1 Å². The van der Waals surface area contributed by atoms with Gasteiger partial charge < -0.3 is 14.6 Å². The Morgan fingerprint density at radius 3 is 3.00 bits per heavy atom. The summed E-state index contributed by atoms with van der Waals surface area (Å²) in [5.41, 5.74) is 0.677. The number of fused-ring (bicyclic) bond motifs is 1. The molecule has 0 atom stereocenters. The highest BCUT2D eigenvalue weighted by atomic mass is 16.5. The Morgan fingerprint density at radius 1 is 1.40 bits per heavy atom. The molecule has 2 heterocycles. The summed E-state index contributed by atoms with van der Waals surface area (Å²) in [5.74, 6) is -0.389. The lowest BCUT2D eigenvalue weighted by atomic mass is 10.2. The van der Waals surface area contributed by atoms with Crippen molar-refractivity contribution in [1.29, 1.82) is 0 Å². The van der Waals surface area contributed by atoms with E-state index in [1.54, 1.807) is 18.3 Å². The number of hydrogen-bond donors (Lipinski definition) is 1. The van der Waals surface area contributed by atoms with Crippen molar-refractivity contribution in [2.24, 2.45) is 0 Å². The van der Waals surface area contributed by atoms with Crippen LogP contribution in [0.15, 0.2) is 24.5 Å². The lowest BCUT2D eigenvalue weighted by Gasteiger charge is -2.07. The van der Waals surface area contributed by atoms with Crippen LogP contribution in [0.3, 0.4) is 0 Å². The first-order valence-electron chi connectivity index (χ1n) is 6.63. The maximum absolute atomic E-state index is 11.0. The van der Waals surface area contributed by atoms with Gasteiger partial charge in [-0.2, -0.15) is 5.10 Å². The van der Waals surface area contributed by atoms with E-state index >= 15 is 0 Å². The molecular formula is C14H18N2O4. The first-order chi connectivity index (χ1) is 9.72. The number of carboxylic acid groups (broad SMARTS) is 1. The van der Waals surface area contributed by atoms with Crippen LogP contribution in [0.4, 0.5) is 0 Å². The number of carboxylic acids is 1. The molecule has 2 aromatic heterocycles. The fourth-order valence-corrected chi connectivity index (χ4v) is 1.78. The van der Waals surface area contributed by atoms with Gasteiger partial charge in [0.15, 0.2) is 0 Å². The quantitative estimate of drug-likeness (QED) is 0.750. The van der Waals surface area contributed by atoms with Gasteiger partial charge in [0.1, 0.15) is 17.9 Å². The van der Waals surface area contributed by atoms with E-state index in [0.717, 1.165) is 19.4 Å². The molecule has 0 unspecified atom stereocenters. The molecule has 6 nitrogen and oxygen atoms in total. The number of aromatic carboxylic acids is 1. The molecule has 0 bridgehead atoms. The molecule has 0 saturated heterocycles. The molecule has 0 spiro atoms. The number of unbranched alkanes of at least 4 members (excludes halogenated alkanes) is 1. The molecule has 2 rings (SSSR count). The highest BCUT2D eigenvalue weighted by Gasteiger charge is 2.11. The lowest BCUT2D eigenvalue weighted by molar-refractivity contribution is 0.0699. The Kier molecular flexibility index (Phi) is 4.95. The fourth-order valence-electron chi connectivity index (χ4n) is 1.78. The number of ether oxygens (including phenoxy) is 2. The van der Waals surface area contributed by atoms with Crippen LogP contribution < -0.4 is 4.74 Å². The van der Waals surface area contributed by atoms with E-state index in [9.17, 15) is 4.79 Å². The van der Waals surface area contributed by atoms with Crippen molar-refractivity contribution in [1.82, 2.24) is 9.61 Å². The summed E-state index contributed by atoms with van der Waals surface area (Å²) in [5, 5.41) is 13.0. The molecule has 0 aliphatic rings. The molecule has 0 fully saturated rings. The third kappa shape index (κ3) is 3.48. The van der Waals surface area contributed by atoms with E-state index in [1.807, 2.05) is 0 Å². The predicted molar refractivity (Wildman–Crippen MR) is 73.4 cm³/mol. The molecule has 0 amide bonds. The van der Waals surface area contributed by atoms with Crippen molar-refractivity contribution < 1.29 is 19.4 Å². The van der Waals surface area contributed by atoms with Crippen LogP contribution in [-0.4, -0.2) is 40.5 Å². The van der Waals surface area contributed by atoms with Gasteiger partial charge in [-0.25, -0.2) is 9.31 Å². The predicted octanol–water partition coefficient (Wildman–Crippen LogP) is 2.23. The summed E-state index contributed by atoms with van der Waals surface area (Å²) >= 11 is 0. The summed E-state index contributed by atoms with van der Waals surface area (Å²) in [4.78, 5) is 11.0. The minimum Gasteiger partial charge on any atom is -0.491 e. The summed E-state index contributed by atoms with van der Waals surface area (Å²) in [6, 6.07) is 3.42. The minimum absolute atomic E-state index is 0.162. The summed E-state index contributed by atoms with van der Waals surface area (Å²) in [6.45, 7) is 3.82. The lowest BCUT2D eigenvalue weighted by Crippen LogP contribution is -2.07. The Hall–Kier alpha value is -2.08. The first-order valence-corrected chi connectivity index (χ1v) is 6.63. The standard InChI is InChI=1S/C14H18N2O4/c1-2-3-6-19-7-8-20-11-4-5-16-13(9-11)12(10-15-16)14(17)18/h4-5,9-10H,2-3,6-8H2,1H3,(H,17,18). The van der Waals surface area contributed by atoms with Crippen molar-refractivity contribution in [2.45, 2.75) is 19.8 Å². The number of nitrogens with zero attached hydrogens (tertiary/aromatic N) is 2. The second-order valence-electron chi connectivity index (χ2n) is 4.37. The van der Waals surface area contributed by atoms with Crippen LogP contribution in [0.25, 0.3) is 5.52 Å². The second kappa shape index (κ2) is 6.91. The van der Waals surface area contributed by atoms with Crippen LogP contribution in [0, 0.1) is 0 Å². The van der Waals surface area contributed by atoms with Gasteiger partial charge >= 0.3 is 5.97 Å². The van der Waals surface area contributed by atoms with Gasteiger partial charge in [0.05, 0.1) is 18.3 Å². The van der Waals surface area contributed by atoms with Gasteiger partial charge in [-0.3, -0.25) is 0 Å². The summed E-state index contributed by atoms with van der Waals surface area (Å²) in [7, 11) is 0. The third-order valence-corrected chi connectivity index (χ3v) is 2.86. The largest absolute Gasteiger partial charge is 0.491 e. The van der Waals surface area contributed by atoms with E-state index in [-0.39, 0.29) is 5.56 Å². The molecule has 6 heteroatoms. The van der Waals surface area contributed by atoms with Crippen molar-refractivity contribution in [3.63, 3.8) is 0 Å². The molecule has 0 aliphatic carbocycles. The zero-order chi connectivity index (χ0) is 14.4. The highest BCUT2D eigenvalue weighted by Crippen LogP contribution is 2.17. The van der Waals surface area contributed by atoms with E-state index in [1.165, 1.54) is 10.7 Å². The fraction of sp³-hybridized carbons (Fsp3) is 0.429. The zero-order valence-corrected chi connectivity index (χ0v) is 11.4. The number of carbonyl (C=O) groups is 1. The molecule has 0 aromatic carbocycles. The molecule has 1 N–H and O–H groups in total. The van der Waals surface area contributed by atoms with Crippen LogP contribution in [0.1, 0.15) is 30.1 Å². The SMILES string of the molecule is CCCCOCCOc1ccn2ncc(C(=O)O)c2c1. The van der Waals surface area contributed by atoms with Crippen molar-refractivity contribution in [3.8, 4) is 5.75 Å². The van der Waals surface area contributed by atoms with Crippen LogP contribution >= 0.6 is 0 Å². The monoisotopic (exact) mass is 278 g/mol. The molecule has 0 radical (unpaired) electrons. The maximum Gasteiger partial charge on any atom is 0.339 e. The van der Waals surface area contributed by atoms with Crippen molar-refractivity contribution in [2.75, 3.05) is 19.8 Å². The van der Waals surface area contributed by atoms with Crippen molar-refractivity contribution >= 4 is 11.5 Å². The van der Waals surface area contributed by atoms with E-state index in [0.29, 0.717) is 24.5 Å². The first kappa shape index (κ1) is 14.3. The molecule has 0 saturated carbocycles. The summed E-state index contributed by atoms with van der Waals surface area (Å²) < 4.78 is 12.4. The second-order valence-corrected chi connectivity index (χ2v) is 4.37. The van der Waals surface area contributed by atoms with E-state index in [4.69, 9.17) is 14.6 Å². The van der Waals surface area contributed by atoms with Gasteiger partial charge in [0, 0.05) is 18.9 Å². The normalized spacial score (nSPS) is 10.8. The average Bonchev–Trinajstić information content (AvgIpc) is 2.86. The van der Waals surface area contributed by atoms with E-state index in [2.05, 4.69) is 12.0 Å². The Labute approximate surface area is 116 Å². The van der Waals surface area contributed by atoms with Crippen LogP contribution in [0.2, 0.25) is 0 Å². The van der Waals surface area contributed by atoms with Gasteiger partial charge in [-0.05, 0) is 12.5 Å². The number of hydrogen-bond acceptors (Lipinski definition) is 4. The van der Waals surface area contributed by atoms with Gasteiger partial charge in [0.2, 0.25) is 0 Å². The van der Waals surface area contributed by atoms with Gasteiger partial charge in [0.25, 0.3) is 0 Å². The van der Waals surface area contributed by atoms with Gasteiger partial charge in [-0.1, -0.05) is 13.3 Å². The van der Waals surface area contributed by atoms with Crippen molar-refractivity contribution in [3.05, 3.63) is 30.1 Å². The average molecular weight is 278 g/mol. The maximum atomic E-state index is 11.0. The minimum atomic E-state index is -1.000. The smallest absolute Gasteiger partial charge is 0.339 e. The third-order valence-electron chi connectivity index (χ3n) is 2.86. The van der Waals surface area contributed by atoms with Gasteiger partial charge in [-0.15, -0.1) is 0 Å². The molecule has 108 valence electrons. The number of pyridine rings is 1. The molecule has 20 heavy (non-hydrogen) atoms. The van der Waals surface area contributed by atoms with Crippen LogP contribution in [0.5, 0.6) is 5.75 Å². The Bertz CT molecular complexity index is 580. The molecular weight excluding hydrogens is 260 g/mol. The number of aromatic nitrogens is 2. The highest BCUT2D eigenvalue weighted by molar-refractivity contribution is 5.95. The Morgan fingerprint density at radius 2 is 2.25 bits per heavy atom. The number of rotatable bonds is 8. The molecule has 2 aromatic rings.